The van der Waals surface area contributed by atoms with Crippen molar-refractivity contribution in [1.29, 1.82) is 0 Å². The van der Waals surface area contributed by atoms with Crippen LogP contribution in [0.25, 0.3) is 23.4 Å². The Bertz CT molecular complexity index is 1140. The van der Waals surface area contributed by atoms with Crippen LogP contribution in [0.2, 0.25) is 0 Å². The molecule has 152 valence electrons. The number of aryl methyl sites for hydroxylation is 1. The van der Waals surface area contributed by atoms with Crippen LogP contribution in [0.15, 0.2) is 42.6 Å². The van der Waals surface area contributed by atoms with E-state index in [2.05, 4.69) is 16.0 Å². The number of hydrogen-bond donors (Lipinski definition) is 3. The first-order valence-corrected chi connectivity index (χ1v) is 10.5. The first-order valence-electron chi connectivity index (χ1n) is 10.5. The van der Waals surface area contributed by atoms with Gasteiger partial charge in [-0.2, -0.15) is 0 Å². The SMILES string of the molecule is NC1(Cc2[nH]c3c(c2C(=O)O)CCc2cnc(C=Cc4ccccc4)cc2-3)CCC1. The van der Waals surface area contributed by atoms with Gasteiger partial charge in [0.1, 0.15) is 0 Å². The third kappa shape index (κ3) is 3.35. The van der Waals surface area contributed by atoms with Gasteiger partial charge in [0.2, 0.25) is 0 Å². The largest absolute Gasteiger partial charge is 0.478 e. The fourth-order valence-electron chi connectivity index (χ4n) is 4.65. The number of H-pyrrole nitrogens is 1. The van der Waals surface area contributed by atoms with E-state index in [-0.39, 0.29) is 5.54 Å². The number of carboxylic acid groups (broad SMARTS) is 1. The summed E-state index contributed by atoms with van der Waals surface area (Å²) in [7, 11) is 0. The number of nitrogens with two attached hydrogens (primary N) is 1. The normalized spacial score (nSPS) is 16.7. The molecule has 30 heavy (non-hydrogen) atoms. The Morgan fingerprint density at radius 1 is 1.20 bits per heavy atom. The topological polar surface area (TPSA) is 92.0 Å². The molecular weight excluding hydrogens is 374 g/mol. The molecule has 4 N–H and O–H groups in total. The molecule has 1 saturated carbocycles. The Labute approximate surface area is 175 Å². The highest BCUT2D eigenvalue weighted by Gasteiger charge is 2.36. The molecule has 1 fully saturated rings. The zero-order valence-electron chi connectivity index (χ0n) is 16.8. The lowest BCUT2D eigenvalue weighted by Crippen LogP contribution is -2.48. The van der Waals surface area contributed by atoms with Crippen LogP contribution in [0, 0.1) is 0 Å². The zero-order valence-corrected chi connectivity index (χ0v) is 16.8. The van der Waals surface area contributed by atoms with Crippen molar-refractivity contribution in [3.8, 4) is 11.3 Å². The van der Waals surface area contributed by atoms with Crippen LogP contribution in [0.4, 0.5) is 0 Å². The van der Waals surface area contributed by atoms with Gasteiger partial charge in [0.15, 0.2) is 0 Å². The second-order valence-corrected chi connectivity index (χ2v) is 8.54. The minimum Gasteiger partial charge on any atom is -0.478 e. The van der Waals surface area contributed by atoms with Gasteiger partial charge in [0.25, 0.3) is 0 Å². The average Bonchev–Trinajstić information content (AvgIpc) is 3.10. The molecular formula is C25H25N3O2. The molecule has 0 aliphatic heterocycles. The summed E-state index contributed by atoms with van der Waals surface area (Å²) in [6.07, 6.45) is 11.1. The van der Waals surface area contributed by atoms with Gasteiger partial charge >= 0.3 is 5.97 Å². The maximum atomic E-state index is 12.1. The van der Waals surface area contributed by atoms with Crippen LogP contribution in [0.1, 0.15) is 57.7 Å². The monoisotopic (exact) mass is 399 g/mol. The molecule has 2 heterocycles. The highest BCUT2D eigenvalue weighted by molar-refractivity contribution is 5.94. The zero-order chi connectivity index (χ0) is 20.7. The molecule has 5 nitrogen and oxygen atoms in total. The van der Waals surface area contributed by atoms with Crippen molar-refractivity contribution in [3.63, 3.8) is 0 Å². The molecule has 0 amide bonds. The molecule has 5 rings (SSSR count). The van der Waals surface area contributed by atoms with Crippen LogP contribution < -0.4 is 5.73 Å². The number of rotatable bonds is 5. The van der Waals surface area contributed by atoms with E-state index in [1.54, 1.807) is 0 Å². The van der Waals surface area contributed by atoms with Gasteiger partial charge in [-0.15, -0.1) is 0 Å². The van der Waals surface area contributed by atoms with Gasteiger partial charge in [-0.05, 0) is 60.9 Å². The fourth-order valence-corrected chi connectivity index (χ4v) is 4.65. The second kappa shape index (κ2) is 7.26. The van der Waals surface area contributed by atoms with E-state index in [4.69, 9.17) is 5.73 Å². The minimum absolute atomic E-state index is 0.275. The Morgan fingerprint density at radius 2 is 2.00 bits per heavy atom. The van der Waals surface area contributed by atoms with Crippen LogP contribution in [0.3, 0.4) is 0 Å². The molecule has 2 aliphatic rings. The number of hydrogen-bond acceptors (Lipinski definition) is 3. The van der Waals surface area contributed by atoms with Crippen molar-refractivity contribution in [3.05, 3.63) is 76.2 Å². The molecule has 0 spiro atoms. The minimum atomic E-state index is -0.868. The summed E-state index contributed by atoms with van der Waals surface area (Å²) in [5.74, 6) is -0.868. The summed E-state index contributed by atoms with van der Waals surface area (Å²) < 4.78 is 0. The molecule has 0 saturated heterocycles. The fraction of sp³-hybridized carbons (Fsp3) is 0.280. The van der Waals surface area contributed by atoms with E-state index in [1.807, 2.05) is 48.7 Å². The van der Waals surface area contributed by atoms with Crippen LogP contribution in [0.5, 0.6) is 0 Å². The van der Waals surface area contributed by atoms with Crippen molar-refractivity contribution in [2.45, 2.75) is 44.1 Å². The maximum Gasteiger partial charge on any atom is 0.337 e. The molecule has 2 aliphatic carbocycles. The first-order chi connectivity index (χ1) is 14.5. The van der Waals surface area contributed by atoms with Gasteiger partial charge in [-0.3, -0.25) is 4.98 Å². The molecule has 3 aromatic rings. The van der Waals surface area contributed by atoms with E-state index >= 15 is 0 Å². The van der Waals surface area contributed by atoms with Gasteiger partial charge in [0, 0.05) is 29.4 Å². The highest BCUT2D eigenvalue weighted by atomic mass is 16.4. The van der Waals surface area contributed by atoms with E-state index in [9.17, 15) is 9.90 Å². The summed E-state index contributed by atoms with van der Waals surface area (Å²) in [6.45, 7) is 0. The predicted octanol–water partition coefficient (Wildman–Crippen LogP) is 4.47. The Kier molecular flexibility index (Phi) is 4.55. The third-order valence-electron chi connectivity index (χ3n) is 6.44. The quantitative estimate of drug-likeness (QED) is 0.590. The number of benzene rings is 1. The summed E-state index contributed by atoms with van der Waals surface area (Å²) in [5, 5.41) is 9.93. The molecule has 0 bridgehead atoms. The Morgan fingerprint density at radius 3 is 2.70 bits per heavy atom. The standard InChI is InChI=1S/C25H25N3O2/c26-25(11-4-12-25)14-21-22(24(29)30)19-10-8-17-15-27-18(13-20(17)23(19)28-21)9-7-16-5-2-1-3-6-16/h1-3,5-7,9,13,15,28H,4,8,10-12,14,26H2,(H,29,30). The smallest absolute Gasteiger partial charge is 0.337 e. The molecule has 1 aromatic carbocycles. The van der Waals surface area contributed by atoms with Crippen LogP contribution in [-0.2, 0) is 19.3 Å². The number of carboxylic acids is 1. The third-order valence-corrected chi connectivity index (χ3v) is 6.44. The van der Waals surface area contributed by atoms with Crippen LogP contribution in [-0.4, -0.2) is 26.6 Å². The lowest BCUT2D eigenvalue weighted by atomic mass is 9.74. The summed E-state index contributed by atoms with van der Waals surface area (Å²) >= 11 is 0. The lowest BCUT2D eigenvalue weighted by molar-refractivity contribution is 0.0694. The van der Waals surface area contributed by atoms with Gasteiger partial charge in [-0.1, -0.05) is 36.4 Å². The number of fused-ring (bicyclic) bond motifs is 3. The van der Waals surface area contributed by atoms with Crippen molar-refractivity contribution >= 4 is 18.1 Å². The van der Waals surface area contributed by atoms with Crippen molar-refractivity contribution in [1.82, 2.24) is 9.97 Å². The first kappa shape index (κ1) is 18.8. The number of pyridine rings is 1. The molecule has 0 radical (unpaired) electrons. The number of carbonyl (C=O) groups is 1. The number of aromatic carboxylic acids is 1. The summed E-state index contributed by atoms with van der Waals surface area (Å²) in [4.78, 5) is 20.1. The molecule has 0 unspecified atom stereocenters. The van der Waals surface area contributed by atoms with Crippen molar-refractivity contribution in [2.24, 2.45) is 5.73 Å². The number of nitrogens with zero attached hydrogens (tertiary/aromatic N) is 1. The van der Waals surface area contributed by atoms with Gasteiger partial charge < -0.3 is 15.8 Å². The molecule has 2 aromatic heterocycles. The van der Waals surface area contributed by atoms with E-state index in [0.717, 1.165) is 65.0 Å². The van der Waals surface area contributed by atoms with E-state index in [1.165, 1.54) is 0 Å². The summed E-state index contributed by atoms with van der Waals surface area (Å²) in [6, 6.07) is 12.2. The van der Waals surface area contributed by atoms with Crippen molar-refractivity contribution in [2.75, 3.05) is 0 Å². The number of nitrogens with one attached hydrogen (secondary N) is 1. The van der Waals surface area contributed by atoms with Crippen LogP contribution >= 0.6 is 0 Å². The Hall–Kier alpha value is -3.18. The van der Waals surface area contributed by atoms with Gasteiger partial charge in [0.05, 0.1) is 17.0 Å². The number of aromatic amines is 1. The van der Waals surface area contributed by atoms with E-state index in [0.29, 0.717) is 18.4 Å². The average molecular weight is 399 g/mol. The van der Waals surface area contributed by atoms with Crippen molar-refractivity contribution < 1.29 is 9.90 Å². The molecule has 0 atom stereocenters. The highest BCUT2D eigenvalue weighted by Crippen LogP contribution is 2.39. The second-order valence-electron chi connectivity index (χ2n) is 8.54. The Balaban J connectivity index is 1.54. The molecule has 5 heteroatoms. The maximum absolute atomic E-state index is 12.1. The predicted molar refractivity (Wildman–Crippen MR) is 118 cm³/mol. The van der Waals surface area contributed by atoms with Gasteiger partial charge in [-0.25, -0.2) is 4.79 Å². The van der Waals surface area contributed by atoms with E-state index < -0.39 is 5.97 Å². The number of aromatic nitrogens is 2. The lowest BCUT2D eigenvalue weighted by Gasteiger charge is -2.38. The summed E-state index contributed by atoms with van der Waals surface area (Å²) in [5.41, 5.74) is 13.3.